The first-order valence-electron chi connectivity index (χ1n) is 8.27. The van der Waals surface area contributed by atoms with Crippen LogP contribution in [0.25, 0.3) is 16.9 Å². The molecule has 0 aliphatic rings. The number of benzene rings is 1. The second-order valence-electron chi connectivity index (χ2n) is 6.07. The Labute approximate surface area is 146 Å². The molecule has 5 heteroatoms. The minimum Gasteiger partial charge on any atom is -0.366 e. The van der Waals surface area contributed by atoms with Gasteiger partial charge in [-0.05, 0) is 25.5 Å². The SMILES string of the molecule is Cc1cc(NCc2cccnc2)n2nc(-c3ccccc3)c(C)c2n1. The van der Waals surface area contributed by atoms with Crippen LogP contribution >= 0.6 is 0 Å². The minimum absolute atomic E-state index is 0.686. The second-order valence-corrected chi connectivity index (χ2v) is 6.07. The van der Waals surface area contributed by atoms with Crippen LogP contribution in [-0.4, -0.2) is 19.6 Å². The highest BCUT2D eigenvalue weighted by atomic mass is 15.3. The van der Waals surface area contributed by atoms with E-state index in [0.29, 0.717) is 6.54 Å². The topological polar surface area (TPSA) is 55.1 Å². The van der Waals surface area contributed by atoms with Crippen LogP contribution in [0.1, 0.15) is 16.8 Å². The Morgan fingerprint density at radius 1 is 1.04 bits per heavy atom. The monoisotopic (exact) mass is 329 g/mol. The average Bonchev–Trinajstić information content (AvgIpc) is 2.98. The number of anilines is 1. The van der Waals surface area contributed by atoms with E-state index >= 15 is 0 Å². The predicted molar refractivity (Wildman–Crippen MR) is 99.5 cm³/mol. The Morgan fingerprint density at radius 3 is 2.64 bits per heavy atom. The molecule has 0 saturated heterocycles. The Balaban J connectivity index is 1.77. The summed E-state index contributed by atoms with van der Waals surface area (Å²) in [5.41, 5.74) is 6.11. The van der Waals surface area contributed by atoms with E-state index in [9.17, 15) is 0 Å². The van der Waals surface area contributed by atoms with Crippen LogP contribution in [0.15, 0.2) is 60.9 Å². The molecule has 0 bridgehead atoms. The number of aromatic nitrogens is 4. The largest absolute Gasteiger partial charge is 0.366 e. The lowest BCUT2D eigenvalue weighted by Crippen LogP contribution is -2.07. The first-order valence-corrected chi connectivity index (χ1v) is 8.27. The third-order valence-corrected chi connectivity index (χ3v) is 4.19. The molecule has 0 amide bonds. The Hall–Kier alpha value is -3.21. The van der Waals surface area contributed by atoms with E-state index in [2.05, 4.69) is 40.4 Å². The molecule has 5 nitrogen and oxygen atoms in total. The standard InChI is InChI=1S/C20H19N5/c1-14-11-18(22-13-16-7-6-10-21-12-16)25-20(23-14)15(2)19(24-25)17-8-4-3-5-9-17/h3-12,22H,13H2,1-2H3. The smallest absolute Gasteiger partial charge is 0.161 e. The van der Waals surface area contributed by atoms with Crippen molar-refractivity contribution in [1.29, 1.82) is 0 Å². The van der Waals surface area contributed by atoms with Crippen LogP contribution in [0.4, 0.5) is 5.82 Å². The van der Waals surface area contributed by atoms with Crippen molar-refractivity contribution < 1.29 is 0 Å². The van der Waals surface area contributed by atoms with Crippen LogP contribution in [0.5, 0.6) is 0 Å². The van der Waals surface area contributed by atoms with Crippen LogP contribution in [-0.2, 0) is 6.54 Å². The normalized spacial score (nSPS) is 11.0. The number of rotatable bonds is 4. The number of hydrogen-bond donors (Lipinski definition) is 1. The van der Waals surface area contributed by atoms with Gasteiger partial charge in [0.05, 0.1) is 5.69 Å². The van der Waals surface area contributed by atoms with Crippen molar-refractivity contribution in [3.05, 3.63) is 77.7 Å². The van der Waals surface area contributed by atoms with Crippen LogP contribution in [0.2, 0.25) is 0 Å². The van der Waals surface area contributed by atoms with E-state index in [1.54, 1.807) is 6.20 Å². The zero-order chi connectivity index (χ0) is 17.2. The maximum atomic E-state index is 4.81. The van der Waals surface area contributed by atoms with Crippen molar-refractivity contribution in [1.82, 2.24) is 19.6 Å². The molecule has 0 fully saturated rings. The van der Waals surface area contributed by atoms with Gasteiger partial charge in [-0.3, -0.25) is 4.98 Å². The lowest BCUT2D eigenvalue weighted by molar-refractivity contribution is 0.918. The Bertz CT molecular complexity index is 1010. The van der Waals surface area contributed by atoms with E-state index < -0.39 is 0 Å². The predicted octanol–water partition coefficient (Wildman–Crippen LogP) is 4.02. The number of pyridine rings is 1. The summed E-state index contributed by atoms with van der Waals surface area (Å²) in [4.78, 5) is 8.85. The highest BCUT2D eigenvalue weighted by Gasteiger charge is 2.14. The summed E-state index contributed by atoms with van der Waals surface area (Å²) in [5, 5.41) is 8.27. The summed E-state index contributed by atoms with van der Waals surface area (Å²) < 4.78 is 1.89. The molecule has 1 aromatic carbocycles. The van der Waals surface area contributed by atoms with E-state index in [0.717, 1.165) is 39.5 Å². The van der Waals surface area contributed by atoms with Gasteiger partial charge in [-0.2, -0.15) is 9.61 Å². The quantitative estimate of drug-likeness (QED) is 0.614. The fourth-order valence-electron chi connectivity index (χ4n) is 2.94. The first-order chi connectivity index (χ1) is 12.2. The average molecular weight is 329 g/mol. The van der Waals surface area contributed by atoms with Gasteiger partial charge in [-0.25, -0.2) is 4.98 Å². The van der Waals surface area contributed by atoms with E-state index in [-0.39, 0.29) is 0 Å². The molecule has 0 atom stereocenters. The molecule has 0 spiro atoms. The molecule has 0 saturated carbocycles. The maximum Gasteiger partial charge on any atom is 0.161 e. The second kappa shape index (κ2) is 6.36. The summed E-state index contributed by atoms with van der Waals surface area (Å²) in [6, 6.07) is 16.2. The Kier molecular flexibility index (Phi) is 3.90. The fraction of sp³-hybridized carbons (Fsp3) is 0.150. The van der Waals surface area contributed by atoms with Crippen molar-refractivity contribution in [2.75, 3.05) is 5.32 Å². The van der Waals surface area contributed by atoms with Gasteiger partial charge in [0, 0.05) is 41.8 Å². The van der Waals surface area contributed by atoms with Crippen molar-refractivity contribution in [2.24, 2.45) is 0 Å². The third kappa shape index (κ3) is 2.96. The Morgan fingerprint density at radius 2 is 1.88 bits per heavy atom. The molecule has 1 N–H and O–H groups in total. The molecule has 0 aliphatic carbocycles. The molecular weight excluding hydrogens is 310 g/mol. The number of hydrogen-bond acceptors (Lipinski definition) is 4. The number of nitrogens with zero attached hydrogens (tertiary/aromatic N) is 4. The molecule has 0 aliphatic heterocycles. The number of nitrogens with one attached hydrogen (secondary N) is 1. The van der Waals surface area contributed by atoms with Gasteiger partial charge in [-0.1, -0.05) is 36.4 Å². The highest BCUT2D eigenvalue weighted by Crippen LogP contribution is 2.26. The summed E-state index contributed by atoms with van der Waals surface area (Å²) in [6.07, 6.45) is 3.64. The van der Waals surface area contributed by atoms with E-state index in [4.69, 9.17) is 5.10 Å². The van der Waals surface area contributed by atoms with Crippen LogP contribution in [0, 0.1) is 13.8 Å². The van der Waals surface area contributed by atoms with Crippen molar-refractivity contribution in [3.8, 4) is 11.3 Å². The van der Waals surface area contributed by atoms with Crippen LogP contribution in [0.3, 0.4) is 0 Å². The van der Waals surface area contributed by atoms with Crippen molar-refractivity contribution >= 4 is 11.5 Å². The molecule has 124 valence electrons. The van der Waals surface area contributed by atoms with Gasteiger partial charge in [-0.15, -0.1) is 0 Å². The lowest BCUT2D eigenvalue weighted by atomic mass is 10.1. The summed E-state index contributed by atoms with van der Waals surface area (Å²) in [5.74, 6) is 0.927. The molecule has 3 heterocycles. The summed E-state index contributed by atoms with van der Waals surface area (Å²) in [7, 11) is 0. The molecule has 4 rings (SSSR count). The molecule has 3 aromatic heterocycles. The minimum atomic E-state index is 0.686. The number of aryl methyl sites for hydroxylation is 2. The molecule has 25 heavy (non-hydrogen) atoms. The van der Waals surface area contributed by atoms with E-state index in [1.807, 2.05) is 48.0 Å². The van der Waals surface area contributed by atoms with Gasteiger partial charge < -0.3 is 5.32 Å². The molecule has 4 aromatic rings. The van der Waals surface area contributed by atoms with Crippen molar-refractivity contribution in [2.45, 2.75) is 20.4 Å². The lowest BCUT2D eigenvalue weighted by Gasteiger charge is -2.09. The zero-order valence-corrected chi connectivity index (χ0v) is 14.3. The molecular formula is C20H19N5. The van der Waals surface area contributed by atoms with Crippen LogP contribution < -0.4 is 5.32 Å². The van der Waals surface area contributed by atoms with Gasteiger partial charge in [0.25, 0.3) is 0 Å². The first kappa shape index (κ1) is 15.3. The van der Waals surface area contributed by atoms with Gasteiger partial charge >= 0.3 is 0 Å². The number of fused-ring (bicyclic) bond motifs is 1. The van der Waals surface area contributed by atoms with Gasteiger partial charge in [0.2, 0.25) is 0 Å². The fourth-order valence-corrected chi connectivity index (χ4v) is 2.94. The zero-order valence-electron chi connectivity index (χ0n) is 14.3. The van der Waals surface area contributed by atoms with Crippen molar-refractivity contribution in [3.63, 3.8) is 0 Å². The third-order valence-electron chi connectivity index (χ3n) is 4.19. The maximum absolute atomic E-state index is 4.81. The highest BCUT2D eigenvalue weighted by molar-refractivity contribution is 5.71. The van der Waals surface area contributed by atoms with Gasteiger partial charge in [0.1, 0.15) is 5.82 Å². The van der Waals surface area contributed by atoms with E-state index in [1.165, 1.54) is 0 Å². The summed E-state index contributed by atoms with van der Waals surface area (Å²) >= 11 is 0. The summed E-state index contributed by atoms with van der Waals surface area (Å²) in [6.45, 7) is 4.76. The molecule has 0 unspecified atom stereocenters. The van der Waals surface area contributed by atoms with Gasteiger partial charge in [0.15, 0.2) is 5.65 Å². The molecule has 0 radical (unpaired) electrons.